The Bertz CT molecular complexity index is 1360. The Morgan fingerprint density at radius 3 is 2.79 bits per heavy atom. The molecule has 0 saturated heterocycles. The third-order valence-electron chi connectivity index (χ3n) is 5.73. The Morgan fingerprint density at radius 1 is 1.18 bits per heavy atom. The van der Waals surface area contributed by atoms with Crippen LogP contribution < -0.4 is 10.6 Å². The van der Waals surface area contributed by atoms with Crippen LogP contribution in [0.1, 0.15) is 32.4 Å². The molecule has 4 aromatic rings. The summed E-state index contributed by atoms with van der Waals surface area (Å²) in [5.74, 6) is 1.64. The van der Waals surface area contributed by atoms with Crippen molar-refractivity contribution >= 4 is 40.8 Å². The molecule has 0 saturated carbocycles. The number of anilines is 2. The highest BCUT2D eigenvalue weighted by molar-refractivity contribution is 7.99. The summed E-state index contributed by atoms with van der Waals surface area (Å²) in [6.07, 6.45) is 3.47. The number of carbonyl (C=O) groups is 1. The number of carbonyl (C=O) groups excluding carboxylic acids is 1. The summed E-state index contributed by atoms with van der Waals surface area (Å²) >= 11 is 8.60. The second-order valence-corrected chi connectivity index (χ2v) is 9.57. The molecule has 1 aliphatic rings. The second-order valence-electron chi connectivity index (χ2n) is 7.95. The molecule has 0 unspecified atom stereocenters. The van der Waals surface area contributed by atoms with E-state index in [1.165, 1.54) is 0 Å². The van der Waals surface area contributed by atoms with Crippen molar-refractivity contribution in [1.82, 2.24) is 19.7 Å². The van der Waals surface area contributed by atoms with Gasteiger partial charge in [0.2, 0.25) is 0 Å². The number of amides is 1. The molecule has 9 heteroatoms. The number of aromatic nitrogens is 4. The van der Waals surface area contributed by atoms with Crippen LogP contribution >= 0.6 is 23.4 Å². The van der Waals surface area contributed by atoms with E-state index in [1.807, 2.05) is 55.1 Å². The topological polar surface area (TPSA) is 84.7 Å². The molecule has 1 aliphatic heterocycles. The zero-order chi connectivity index (χ0) is 23.7. The van der Waals surface area contributed by atoms with Crippen LogP contribution in [0.3, 0.4) is 0 Å². The summed E-state index contributed by atoms with van der Waals surface area (Å²) in [5, 5.41) is 11.7. The molecule has 0 bridgehead atoms. The van der Waals surface area contributed by atoms with Crippen LogP contribution in [0, 0.1) is 6.92 Å². The van der Waals surface area contributed by atoms with E-state index in [1.54, 1.807) is 36.3 Å². The molecular formula is C25H23ClN6OS. The van der Waals surface area contributed by atoms with Gasteiger partial charge in [-0.1, -0.05) is 23.7 Å². The maximum absolute atomic E-state index is 12.9. The molecule has 0 spiro atoms. The minimum absolute atomic E-state index is 0.0547. The SMILES string of the molecule is Cc1ncccc1NC(=O)c1ccc([C@H]2SCCNc3c2c(-c2ccccn2)nn3C)c(Cl)c1. The van der Waals surface area contributed by atoms with E-state index in [-0.39, 0.29) is 11.2 Å². The number of halogens is 1. The molecular weight excluding hydrogens is 468 g/mol. The fraction of sp³-hybridized carbons (Fsp3) is 0.200. The van der Waals surface area contributed by atoms with Gasteiger partial charge in [-0.25, -0.2) is 0 Å². The predicted molar refractivity (Wildman–Crippen MR) is 138 cm³/mol. The highest BCUT2D eigenvalue weighted by Gasteiger charge is 2.31. The Labute approximate surface area is 207 Å². The van der Waals surface area contributed by atoms with Gasteiger partial charge in [0.25, 0.3) is 5.91 Å². The minimum Gasteiger partial charge on any atom is -0.369 e. The van der Waals surface area contributed by atoms with Crippen molar-refractivity contribution in [2.45, 2.75) is 12.2 Å². The molecule has 1 aromatic carbocycles. The minimum atomic E-state index is -0.226. The lowest BCUT2D eigenvalue weighted by atomic mass is 10.0. The summed E-state index contributed by atoms with van der Waals surface area (Å²) < 4.78 is 1.87. The van der Waals surface area contributed by atoms with Gasteiger partial charge in [-0.05, 0) is 48.9 Å². The Morgan fingerprint density at radius 2 is 2.03 bits per heavy atom. The van der Waals surface area contributed by atoms with E-state index >= 15 is 0 Å². The number of rotatable bonds is 4. The number of thioether (sulfide) groups is 1. The van der Waals surface area contributed by atoms with Gasteiger partial charge in [0.15, 0.2) is 0 Å². The smallest absolute Gasteiger partial charge is 0.255 e. The maximum Gasteiger partial charge on any atom is 0.255 e. The number of hydrogen-bond acceptors (Lipinski definition) is 6. The summed E-state index contributed by atoms with van der Waals surface area (Å²) in [6, 6.07) is 14.9. The average Bonchev–Trinajstić information content (AvgIpc) is 3.02. The van der Waals surface area contributed by atoms with E-state index in [9.17, 15) is 4.79 Å². The third-order valence-corrected chi connectivity index (χ3v) is 7.32. The number of nitrogens with one attached hydrogen (secondary N) is 2. The summed E-state index contributed by atoms with van der Waals surface area (Å²) in [7, 11) is 1.93. The van der Waals surface area contributed by atoms with Crippen molar-refractivity contribution in [1.29, 1.82) is 0 Å². The highest BCUT2D eigenvalue weighted by Crippen LogP contribution is 2.47. The van der Waals surface area contributed by atoms with Crippen molar-refractivity contribution in [3.05, 3.63) is 88.3 Å². The lowest BCUT2D eigenvalue weighted by molar-refractivity contribution is 0.102. The average molecular weight is 491 g/mol. The summed E-state index contributed by atoms with van der Waals surface area (Å²) in [6.45, 7) is 2.67. The van der Waals surface area contributed by atoms with Crippen LogP contribution in [0.15, 0.2) is 60.9 Å². The normalized spacial score (nSPS) is 15.2. The van der Waals surface area contributed by atoms with Gasteiger partial charge in [0.1, 0.15) is 11.5 Å². The first-order chi connectivity index (χ1) is 16.5. The lowest BCUT2D eigenvalue weighted by Gasteiger charge is -2.18. The van der Waals surface area contributed by atoms with E-state index in [2.05, 4.69) is 20.6 Å². The highest BCUT2D eigenvalue weighted by atomic mass is 35.5. The van der Waals surface area contributed by atoms with Gasteiger partial charge in [-0.3, -0.25) is 19.4 Å². The van der Waals surface area contributed by atoms with Crippen LogP contribution in [0.25, 0.3) is 11.4 Å². The zero-order valence-corrected chi connectivity index (χ0v) is 20.3. The lowest BCUT2D eigenvalue weighted by Crippen LogP contribution is -2.13. The number of fused-ring (bicyclic) bond motifs is 1. The third kappa shape index (κ3) is 4.26. The van der Waals surface area contributed by atoms with Crippen LogP contribution in [-0.4, -0.2) is 38.0 Å². The van der Waals surface area contributed by atoms with Gasteiger partial charge >= 0.3 is 0 Å². The van der Waals surface area contributed by atoms with Crippen molar-refractivity contribution in [2.75, 3.05) is 22.9 Å². The zero-order valence-electron chi connectivity index (χ0n) is 18.7. The first kappa shape index (κ1) is 22.4. The molecule has 1 amide bonds. The van der Waals surface area contributed by atoms with Crippen molar-refractivity contribution in [3.8, 4) is 11.4 Å². The molecule has 0 aliphatic carbocycles. The van der Waals surface area contributed by atoms with Gasteiger partial charge < -0.3 is 10.6 Å². The standard InChI is InChI=1S/C25H23ClN6OS/c1-15-19(7-5-11-27-15)30-25(33)16-8-9-17(18(26)14-16)23-21-22(20-6-3-4-10-28-20)31-32(2)24(21)29-12-13-34-23/h3-11,14,23,29H,12-13H2,1-2H3,(H,30,33)/t23-/m1/s1. The fourth-order valence-electron chi connectivity index (χ4n) is 4.06. The molecule has 0 fully saturated rings. The molecule has 3 aromatic heterocycles. The van der Waals surface area contributed by atoms with Gasteiger partial charge in [0, 0.05) is 47.9 Å². The van der Waals surface area contributed by atoms with Gasteiger partial charge in [-0.15, -0.1) is 11.8 Å². The molecule has 0 radical (unpaired) electrons. The predicted octanol–water partition coefficient (Wildman–Crippen LogP) is 5.34. The van der Waals surface area contributed by atoms with Crippen molar-refractivity contribution < 1.29 is 4.79 Å². The van der Waals surface area contributed by atoms with Crippen LogP contribution in [-0.2, 0) is 7.05 Å². The molecule has 5 rings (SSSR count). The quantitative estimate of drug-likeness (QED) is 0.401. The Balaban J connectivity index is 1.52. The molecule has 4 heterocycles. The number of nitrogens with zero attached hydrogens (tertiary/aromatic N) is 4. The van der Waals surface area contributed by atoms with E-state index in [0.717, 1.165) is 46.3 Å². The van der Waals surface area contributed by atoms with Gasteiger partial charge in [0.05, 0.1) is 22.3 Å². The number of benzene rings is 1. The fourth-order valence-corrected chi connectivity index (χ4v) is 5.64. The largest absolute Gasteiger partial charge is 0.369 e. The summed E-state index contributed by atoms with van der Waals surface area (Å²) in [4.78, 5) is 21.6. The van der Waals surface area contributed by atoms with Crippen LogP contribution in [0.2, 0.25) is 5.02 Å². The summed E-state index contributed by atoms with van der Waals surface area (Å²) in [5.41, 5.74) is 5.56. The van der Waals surface area contributed by atoms with Crippen LogP contribution in [0.4, 0.5) is 11.5 Å². The van der Waals surface area contributed by atoms with Crippen molar-refractivity contribution in [2.24, 2.45) is 7.05 Å². The molecule has 7 nitrogen and oxygen atoms in total. The Kier molecular flexibility index (Phi) is 6.26. The number of aryl methyl sites for hydroxylation is 2. The molecule has 172 valence electrons. The van der Waals surface area contributed by atoms with E-state index in [4.69, 9.17) is 16.7 Å². The number of hydrogen-bond donors (Lipinski definition) is 2. The van der Waals surface area contributed by atoms with Crippen molar-refractivity contribution in [3.63, 3.8) is 0 Å². The Hall–Kier alpha value is -3.36. The van der Waals surface area contributed by atoms with E-state index in [0.29, 0.717) is 16.3 Å². The molecule has 2 N–H and O–H groups in total. The monoisotopic (exact) mass is 490 g/mol. The second kappa shape index (κ2) is 9.48. The number of pyridine rings is 2. The first-order valence-corrected chi connectivity index (χ1v) is 12.3. The molecule has 34 heavy (non-hydrogen) atoms. The van der Waals surface area contributed by atoms with E-state index < -0.39 is 0 Å². The van der Waals surface area contributed by atoms with Gasteiger partial charge in [-0.2, -0.15) is 5.10 Å². The molecule has 1 atom stereocenters. The van der Waals surface area contributed by atoms with Crippen LogP contribution in [0.5, 0.6) is 0 Å². The first-order valence-electron chi connectivity index (χ1n) is 10.9. The maximum atomic E-state index is 12.9.